The van der Waals surface area contributed by atoms with Crippen molar-refractivity contribution in [2.45, 2.75) is 23.4 Å². The lowest BCUT2D eigenvalue weighted by atomic mass is 10.2. The third kappa shape index (κ3) is 3.78. The summed E-state index contributed by atoms with van der Waals surface area (Å²) in [5.41, 5.74) is 0.687. The number of benzene rings is 1. The number of pyridine rings is 1. The Balaban J connectivity index is 2.29. The second-order valence-electron chi connectivity index (χ2n) is 3.89. The van der Waals surface area contributed by atoms with Crippen LogP contribution in [0.3, 0.4) is 0 Å². The summed E-state index contributed by atoms with van der Waals surface area (Å²) in [4.78, 5) is 5.19. The lowest BCUT2D eigenvalue weighted by Gasteiger charge is -2.11. The second kappa shape index (κ2) is 7.03. The Morgan fingerprint density at radius 2 is 2.16 bits per heavy atom. The van der Waals surface area contributed by atoms with Gasteiger partial charge in [0.05, 0.1) is 4.47 Å². The van der Waals surface area contributed by atoms with Gasteiger partial charge in [-0.2, -0.15) is 0 Å². The molecule has 1 N–H and O–H groups in total. The van der Waals surface area contributed by atoms with E-state index in [4.69, 9.17) is 0 Å². The van der Waals surface area contributed by atoms with Crippen LogP contribution in [0, 0.1) is 5.82 Å². The van der Waals surface area contributed by atoms with Gasteiger partial charge in [0.2, 0.25) is 0 Å². The van der Waals surface area contributed by atoms with Crippen LogP contribution in [0.4, 0.5) is 4.39 Å². The summed E-state index contributed by atoms with van der Waals surface area (Å²) in [6, 6.07) is 8.92. The van der Waals surface area contributed by atoms with Gasteiger partial charge in [0.15, 0.2) is 0 Å². The van der Waals surface area contributed by atoms with E-state index in [1.807, 2.05) is 25.1 Å². The Morgan fingerprint density at radius 1 is 1.32 bits per heavy atom. The van der Waals surface area contributed by atoms with E-state index in [1.165, 1.54) is 17.8 Å². The topological polar surface area (TPSA) is 24.9 Å². The van der Waals surface area contributed by atoms with Gasteiger partial charge in [0, 0.05) is 23.2 Å². The van der Waals surface area contributed by atoms with Crippen LogP contribution in [0.15, 0.2) is 50.9 Å². The average Bonchev–Trinajstić information content (AvgIpc) is 2.41. The van der Waals surface area contributed by atoms with Crippen molar-refractivity contribution in [3.05, 3.63) is 52.4 Å². The van der Waals surface area contributed by atoms with E-state index in [1.54, 1.807) is 12.3 Å². The van der Waals surface area contributed by atoms with E-state index in [-0.39, 0.29) is 5.82 Å². The van der Waals surface area contributed by atoms with Crippen LogP contribution < -0.4 is 5.32 Å². The van der Waals surface area contributed by atoms with Gasteiger partial charge in [-0.25, -0.2) is 9.37 Å². The van der Waals surface area contributed by atoms with Crippen LogP contribution in [0.2, 0.25) is 0 Å². The summed E-state index contributed by atoms with van der Waals surface area (Å²) in [6.45, 7) is 3.34. The Kier molecular flexibility index (Phi) is 5.36. The number of hydrogen-bond donors (Lipinski definition) is 1. The molecule has 1 aromatic carbocycles. The summed E-state index contributed by atoms with van der Waals surface area (Å²) in [7, 11) is 0. The molecule has 0 bridgehead atoms. The molecular weight excluding hydrogens is 327 g/mol. The van der Waals surface area contributed by atoms with Crippen molar-refractivity contribution >= 4 is 27.7 Å². The lowest BCUT2D eigenvalue weighted by molar-refractivity contribution is 0.585. The highest BCUT2D eigenvalue weighted by atomic mass is 79.9. The van der Waals surface area contributed by atoms with Crippen molar-refractivity contribution in [1.82, 2.24) is 10.3 Å². The summed E-state index contributed by atoms with van der Waals surface area (Å²) in [5, 5.41) is 4.00. The number of nitrogens with zero attached hydrogens (tertiary/aromatic N) is 1. The van der Waals surface area contributed by atoms with Crippen molar-refractivity contribution < 1.29 is 4.39 Å². The summed E-state index contributed by atoms with van der Waals surface area (Å²) in [5.74, 6) is -0.182. The van der Waals surface area contributed by atoms with E-state index < -0.39 is 0 Å². The monoisotopic (exact) mass is 340 g/mol. The highest BCUT2D eigenvalue weighted by molar-refractivity contribution is 9.10. The smallest absolute Gasteiger partial charge is 0.128 e. The Hall–Kier alpha value is -0.910. The summed E-state index contributed by atoms with van der Waals surface area (Å²) < 4.78 is 14.8. The minimum absolute atomic E-state index is 0.182. The van der Waals surface area contributed by atoms with Crippen LogP contribution in [0.5, 0.6) is 0 Å². The molecule has 0 aliphatic carbocycles. The fourth-order valence-corrected chi connectivity index (χ4v) is 3.03. The SMILES string of the molecule is CCNCc1c(F)cccc1Sc1ncccc1Br. The molecule has 0 amide bonds. The van der Waals surface area contributed by atoms with Crippen molar-refractivity contribution in [3.63, 3.8) is 0 Å². The fraction of sp³-hybridized carbons (Fsp3) is 0.214. The molecular formula is C14H14BrFN2S. The van der Waals surface area contributed by atoms with Crippen LogP contribution in [0.25, 0.3) is 0 Å². The quantitative estimate of drug-likeness (QED) is 0.880. The van der Waals surface area contributed by atoms with Gasteiger partial charge in [-0.1, -0.05) is 24.8 Å². The minimum Gasteiger partial charge on any atom is -0.313 e. The van der Waals surface area contributed by atoms with Crippen molar-refractivity contribution in [1.29, 1.82) is 0 Å². The predicted molar refractivity (Wildman–Crippen MR) is 79.8 cm³/mol. The van der Waals surface area contributed by atoms with Crippen molar-refractivity contribution in [2.75, 3.05) is 6.54 Å². The number of aromatic nitrogens is 1. The van der Waals surface area contributed by atoms with Gasteiger partial charge in [-0.05, 0) is 46.7 Å². The van der Waals surface area contributed by atoms with Crippen LogP contribution in [-0.2, 0) is 6.54 Å². The number of rotatable bonds is 5. The molecule has 0 saturated carbocycles. The van der Waals surface area contributed by atoms with E-state index in [0.717, 1.165) is 20.9 Å². The largest absolute Gasteiger partial charge is 0.313 e. The maximum atomic E-state index is 13.9. The van der Waals surface area contributed by atoms with Gasteiger partial charge >= 0.3 is 0 Å². The zero-order valence-electron chi connectivity index (χ0n) is 10.5. The molecule has 2 nitrogen and oxygen atoms in total. The molecule has 0 aliphatic heterocycles. The van der Waals surface area contributed by atoms with E-state index in [0.29, 0.717) is 12.1 Å². The first-order chi connectivity index (χ1) is 9.22. The van der Waals surface area contributed by atoms with Gasteiger partial charge in [0.25, 0.3) is 0 Å². The minimum atomic E-state index is -0.182. The molecule has 0 spiro atoms. The summed E-state index contributed by atoms with van der Waals surface area (Å²) >= 11 is 4.92. The first kappa shape index (κ1) is 14.5. The third-order valence-electron chi connectivity index (χ3n) is 2.56. The molecule has 0 aliphatic rings. The lowest BCUT2D eigenvalue weighted by Crippen LogP contribution is -2.13. The Bertz CT molecular complexity index is 563. The molecule has 19 heavy (non-hydrogen) atoms. The van der Waals surface area contributed by atoms with Gasteiger partial charge in [-0.15, -0.1) is 0 Å². The molecule has 1 aromatic heterocycles. The van der Waals surface area contributed by atoms with E-state index in [2.05, 4.69) is 26.2 Å². The maximum Gasteiger partial charge on any atom is 0.128 e. The molecule has 0 atom stereocenters. The molecule has 2 aromatic rings. The molecule has 5 heteroatoms. The maximum absolute atomic E-state index is 13.9. The molecule has 100 valence electrons. The first-order valence-corrected chi connectivity index (χ1v) is 7.59. The number of halogens is 2. The second-order valence-corrected chi connectivity index (χ2v) is 5.77. The molecule has 2 rings (SSSR count). The molecule has 0 saturated heterocycles. The van der Waals surface area contributed by atoms with Crippen LogP contribution in [-0.4, -0.2) is 11.5 Å². The molecule has 0 fully saturated rings. The van der Waals surface area contributed by atoms with Crippen LogP contribution >= 0.6 is 27.7 Å². The molecule has 0 unspecified atom stereocenters. The highest BCUT2D eigenvalue weighted by Gasteiger charge is 2.11. The standard InChI is InChI=1S/C14H14BrFN2S/c1-2-17-9-10-12(16)6-3-7-13(10)19-14-11(15)5-4-8-18-14/h3-8,17H,2,9H2,1H3. The van der Waals surface area contributed by atoms with E-state index >= 15 is 0 Å². The van der Waals surface area contributed by atoms with Crippen molar-refractivity contribution in [3.8, 4) is 0 Å². The van der Waals surface area contributed by atoms with Gasteiger partial charge < -0.3 is 5.32 Å². The zero-order chi connectivity index (χ0) is 13.7. The highest BCUT2D eigenvalue weighted by Crippen LogP contribution is 2.34. The van der Waals surface area contributed by atoms with E-state index in [9.17, 15) is 4.39 Å². The normalized spacial score (nSPS) is 10.7. The molecule has 1 heterocycles. The number of hydrogen-bond acceptors (Lipinski definition) is 3. The van der Waals surface area contributed by atoms with Crippen LogP contribution in [0.1, 0.15) is 12.5 Å². The van der Waals surface area contributed by atoms with Crippen molar-refractivity contribution in [2.24, 2.45) is 0 Å². The fourth-order valence-electron chi connectivity index (χ4n) is 1.61. The third-order valence-corrected chi connectivity index (χ3v) is 4.58. The summed E-state index contributed by atoms with van der Waals surface area (Å²) in [6.07, 6.45) is 1.73. The Labute approximate surface area is 125 Å². The first-order valence-electron chi connectivity index (χ1n) is 5.99. The van der Waals surface area contributed by atoms with Gasteiger partial charge in [0.1, 0.15) is 10.8 Å². The predicted octanol–water partition coefficient (Wildman–Crippen LogP) is 4.24. The molecule has 0 radical (unpaired) electrons. The zero-order valence-corrected chi connectivity index (χ0v) is 12.9. The average molecular weight is 341 g/mol. The number of nitrogens with one attached hydrogen (secondary N) is 1. The van der Waals surface area contributed by atoms with Gasteiger partial charge in [-0.3, -0.25) is 0 Å². The Morgan fingerprint density at radius 3 is 2.89 bits per heavy atom.